The summed E-state index contributed by atoms with van der Waals surface area (Å²) >= 11 is 0. The summed E-state index contributed by atoms with van der Waals surface area (Å²) in [5.74, 6) is 1.91. The van der Waals surface area contributed by atoms with Crippen molar-refractivity contribution in [2.75, 3.05) is 13.1 Å². The number of carbonyl (C=O) groups is 1. The van der Waals surface area contributed by atoms with Gasteiger partial charge in [0.15, 0.2) is 0 Å². The first-order valence-corrected chi connectivity index (χ1v) is 7.36. The molecule has 2 aromatic heterocycles. The molecule has 0 aliphatic carbocycles. The molecule has 116 valence electrons. The van der Waals surface area contributed by atoms with Crippen molar-refractivity contribution >= 4 is 5.91 Å². The Morgan fingerprint density at radius 3 is 2.77 bits per heavy atom. The largest absolute Gasteiger partial charge is 0.471 e. The van der Waals surface area contributed by atoms with E-state index >= 15 is 0 Å². The average Bonchev–Trinajstić information content (AvgIpc) is 3.07. The molecule has 1 aliphatic rings. The van der Waals surface area contributed by atoms with Crippen LogP contribution in [0.2, 0.25) is 0 Å². The SMILES string of the molecule is Cc1ccc(O[C@@H]2CCN(C(=O)c3cc(C)oc3C)C2)nn1. The number of nitrogens with zero attached hydrogens (tertiary/aromatic N) is 3. The van der Waals surface area contributed by atoms with Crippen LogP contribution in [0.3, 0.4) is 0 Å². The summed E-state index contributed by atoms with van der Waals surface area (Å²) in [6, 6.07) is 5.45. The highest BCUT2D eigenvalue weighted by Gasteiger charge is 2.30. The zero-order chi connectivity index (χ0) is 15.7. The van der Waals surface area contributed by atoms with Gasteiger partial charge in [0.25, 0.3) is 5.91 Å². The van der Waals surface area contributed by atoms with Crippen LogP contribution in [-0.2, 0) is 0 Å². The summed E-state index contributed by atoms with van der Waals surface area (Å²) in [6.07, 6.45) is 0.742. The number of carbonyl (C=O) groups excluding carboxylic acids is 1. The number of hydrogen-bond acceptors (Lipinski definition) is 5. The van der Waals surface area contributed by atoms with Gasteiger partial charge in [0.2, 0.25) is 5.88 Å². The molecule has 2 aromatic rings. The van der Waals surface area contributed by atoms with Gasteiger partial charge in [-0.1, -0.05) is 0 Å². The molecule has 0 bridgehead atoms. The average molecular weight is 301 g/mol. The maximum absolute atomic E-state index is 12.5. The second-order valence-corrected chi connectivity index (χ2v) is 5.62. The van der Waals surface area contributed by atoms with Crippen LogP contribution in [0.15, 0.2) is 22.6 Å². The molecule has 0 unspecified atom stereocenters. The minimum absolute atomic E-state index is 0.00422. The van der Waals surface area contributed by atoms with Gasteiger partial charge in [-0.2, -0.15) is 5.10 Å². The quantitative estimate of drug-likeness (QED) is 0.870. The van der Waals surface area contributed by atoms with Crippen molar-refractivity contribution in [1.29, 1.82) is 0 Å². The zero-order valence-corrected chi connectivity index (χ0v) is 13.0. The Hall–Kier alpha value is -2.37. The summed E-state index contributed by atoms with van der Waals surface area (Å²) in [4.78, 5) is 14.3. The Bertz CT molecular complexity index is 678. The van der Waals surface area contributed by atoms with Crippen molar-refractivity contribution in [3.63, 3.8) is 0 Å². The molecule has 0 N–H and O–H groups in total. The Morgan fingerprint density at radius 2 is 2.14 bits per heavy atom. The third-order valence-corrected chi connectivity index (χ3v) is 3.76. The van der Waals surface area contributed by atoms with Crippen molar-refractivity contribution in [3.8, 4) is 5.88 Å². The van der Waals surface area contributed by atoms with Gasteiger partial charge < -0.3 is 14.1 Å². The number of likely N-dealkylation sites (tertiary alicyclic amines) is 1. The summed E-state index contributed by atoms with van der Waals surface area (Å²) < 4.78 is 11.2. The van der Waals surface area contributed by atoms with Gasteiger partial charge in [-0.3, -0.25) is 4.79 Å². The molecule has 6 nitrogen and oxygen atoms in total. The van der Waals surface area contributed by atoms with Crippen LogP contribution in [0, 0.1) is 20.8 Å². The Labute approximate surface area is 129 Å². The van der Waals surface area contributed by atoms with Gasteiger partial charge in [-0.25, -0.2) is 0 Å². The minimum Gasteiger partial charge on any atom is -0.471 e. The van der Waals surface area contributed by atoms with Crippen LogP contribution >= 0.6 is 0 Å². The summed E-state index contributed by atoms with van der Waals surface area (Å²) in [6.45, 7) is 6.76. The van der Waals surface area contributed by atoms with E-state index in [0.29, 0.717) is 30.3 Å². The first-order chi connectivity index (χ1) is 10.5. The van der Waals surface area contributed by atoms with Crippen molar-refractivity contribution in [2.24, 2.45) is 0 Å². The first kappa shape index (κ1) is 14.6. The lowest BCUT2D eigenvalue weighted by molar-refractivity contribution is 0.0769. The highest BCUT2D eigenvalue weighted by Crippen LogP contribution is 2.21. The van der Waals surface area contributed by atoms with Crippen molar-refractivity contribution in [1.82, 2.24) is 15.1 Å². The lowest BCUT2D eigenvalue weighted by Crippen LogP contribution is -2.31. The predicted octanol–water partition coefficient (Wildman–Crippen LogP) is 2.29. The molecule has 0 radical (unpaired) electrons. The number of furan rings is 1. The topological polar surface area (TPSA) is 68.5 Å². The molecule has 6 heteroatoms. The normalized spacial score (nSPS) is 17.8. The van der Waals surface area contributed by atoms with Crippen LogP contribution in [0.5, 0.6) is 5.88 Å². The fourth-order valence-corrected chi connectivity index (χ4v) is 2.64. The van der Waals surface area contributed by atoms with Crippen LogP contribution < -0.4 is 4.74 Å². The molecular weight excluding hydrogens is 282 g/mol. The third kappa shape index (κ3) is 2.95. The van der Waals surface area contributed by atoms with Gasteiger partial charge in [0.05, 0.1) is 17.8 Å². The lowest BCUT2D eigenvalue weighted by atomic mass is 10.2. The molecule has 1 aliphatic heterocycles. The monoisotopic (exact) mass is 301 g/mol. The second-order valence-electron chi connectivity index (χ2n) is 5.62. The number of rotatable bonds is 3. The van der Waals surface area contributed by atoms with Gasteiger partial charge in [0.1, 0.15) is 17.6 Å². The lowest BCUT2D eigenvalue weighted by Gasteiger charge is -2.16. The number of ether oxygens (including phenoxy) is 1. The minimum atomic E-state index is -0.0470. The number of amides is 1. The number of hydrogen-bond donors (Lipinski definition) is 0. The van der Waals surface area contributed by atoms with E-state index in [1.165, 1.54) is 0 Å². The molecule has 1 fully saturated rings. The van der Waals surface area contributed by atoms with Crippen molar-refractivity contribution in [2.45, 2.75) is 33.3 Å². The molecule has 3 heterocycles. The van der Waals surface area contributed by atoms with Gasteiger partial charge in [-0.15, -0.1) is 5.10 Å². The van der Waals surface area contributed by atoms with Crippen LogP contribution in [0.1, 0.15) is 34.0 Å². The van der Waals surface area contributed by atoms with E-state index in [9.17, 15) is 4.79 Å². The predicted molar refractivity (Wildman–Crippen MR) is 79.9 cm³/mol. The standard InChI is InChI=1S/C16H19N3O3/c1-10-4-5-15(18-17-10)22-13-6-7-19(9-13)16(20)14-8-11(2)21-12(14)3/h4-5,8,13H,6-7,9H2,1-3H3/t13-/m1/s1. The fourth-order valence-electron chi connectivity index (χ4n) is 2.64. The molecule has 3 rings (SSSR count). The molecule has 1 amide bonds. The Kier molecular flexibility index (Phi) is 3.83. The van der Waals surface area contributed by atoms with Crippen LogP contribution in [-0.4, -0.2) is 40.2 Å². The Balaban J connectivity index is 1.63. The van der Waals surface area contributed by atoms with E-state index in [0.717, 1.165) is 17.9 Å². The molecule has 1 atom stereocenters. The van der Waals surface area contributed by atoms with Gasteiger partial charge in [0, 0.05) is 19.0 Å². The van der Waals surface area contributed by atoms with Crippen molar-refractivity contribution in [3.05, 3.63) is 41.0 Å². The van der Waals surface area contributed by atoms with E-state index in [-0.39, 0.29) is 12.0 Å². The van der Waals surface area contributed by atoms with E-state index in [1.54, 1.807) is 17.0 Å². The summed E-state index contributed by atoms with van der Waals surface area (Å²) in [5, 5.41) is 7.97. The zero-order valence-electron chi connectivity index (χ0n) is 13.0. The van der Waals surface area contributed by atoms with Gasteiger partial charge in [-0.05, 0) is 32.9 Å². The van der Waals surface area contributed by atoms with Crippen molar-refractivity contribution < 1.29 is 13.9 Å². The highest BCUT2D eigenvalue weighted by molar-refractivity contribution is 5.95. The van der Waals surface area contributed by atoms with E-state index in [4.69, 9.17) is 9.15 Å². The highest BCUT2D eigenvalue weighted by atomic mass is 16.5. The molecule has 0 aromatic carbocycles. The molecule has 22 heavy (non-hydrogen) atoms. The number of aryl methyl sites for hydroxylation is 3. The molecular formula is C16H19N3O3. The van der Waals surface area contributed by atoms with Gasteiger partial charge >= 0.3 is 0 Å². The summed E-state index contributed by atoms with van der Waals surface area (Å²) in [5.41, 5.74) is 1.48. The van der Waals surface area contributed by atoms with Crippen LogP contribution in [0.4, 0.5) is 0 Å². The molecule has 0 saturated carbocycles. The number of aromatic nitrogens is 2. The van der Waals surface area contributed by atoms with E-state index in [1.807, 2.05) is 26.8 Å². The maximum Gasteiger partial charge on any atom is 0.257 e. The van der Waals surface area contributed by atoms with E-state index < -0.39 is 0 Å². The second kappa shape index (κ2) is 5.79. The summed E-state index contributed by atoms with van der Waals surface area (Å²) in [7, 11) is 0. The Morgan fingerprint density at radius 1 is 1.32 bits per heavy atom. The first-order valence-electron chi connectivity index (χ1n) is 7.36. The fraction of sp³-hybridized carbons (Fsp3) is 0.438. The molecule has 0 spiro atoms. The molecule has 1 saturated heterocycles. The van der Waals surface area contributed by atoms with Crippen LogP contribution in [0.25, 0.3) is 0 Å². The van der Waals surface area contributed by atoms with E-state index in [2.05, 4.69) is 10.2 Å². The maximum atomic E-state index is 12.5. The smallest absolute Gasteiger partial charge is 0.257 e. The third-order valence-electron chi connectivity index (χ3n) is 3.76.